The fourth-order valence-electron chi connectivity index (χ4n) is 3.06. The van der Waals surface area contributed by atoms with Gasteiger partial charge in [0.25, 0.3) is 5.91 Å². The SMILES string of the molecule is CCNc1ccc2ncc(C(=O)Nc3cc(-c4noc(CC)n4)ccc3C)n2c1. The van der Waals surface area contributed by atoms with Crippen LogP contribution in [-0.4, -0.2) is 32.0 Å². The summed E-state index contributed by atoms with van der Waals surface area (Å²) < 4.78 is 6.97. The number of hydrogen-bond donors (Lipinski definition) is 2. The molecule has 148 valence electrons. The first-order valence-corrected chi connectivity index (χ1v) is 9.55. The number of fused-ring (bicyclic) bond motifs is 1. The van der Waals surface area contributed by atoms with Crippen molar-refractivity contribution in [1.82, 2.24) is 19.5 Å². The van der Waals surface area contributed by atoms with Crippen molar-refractivity contribution in [3.63, 3.8) is 0 Å². The molecule has 3 heterocycles. The topological polar surface area (TPSA) is 97.3 Å². The average Bonchev–Trinajstić information content (AvgIpc) is 3.36. The van der Waals surface area contributed by atoms with Crippen molar-refractivity contribution in [3.05, 3.63) is 59.9 Å². The van der Waals surface area contributed by atoms with Crippen LogP contribution in [0.5, 0.6) is 0 Å². The van der Waals surface area contributed by atoms with Crippen molar-refractivity contribution in [2.24, 2.45) is 0 Å². The Labute approximate surface area is 168 Å². The third kappa shape index (κ3) is 3.69. The summed E-state index contributed by atoms with van der Waals surface area (Å²) in [5.74, 6) is 0.838. The van der Waals surface area contributed by atoms with Crippen molar-refractivity contribution in [1.29, 1.82) is 0 Å². The van der Waals surface area contributed by atoms with Gasteiger partial charge in [-0.1, -0.05) is 24.2 Å². The molecule has 4 aromatic rings. The molecule has 0 aliphatic heterocycles. The zero-order valence-electron chi connectivity index (χ0n) is 16.6. The maximum Gasteiger partial charge on any atom is 0.274 e. The largest absolute Gasteiger partial charge is 0.384 e. The third-order valence-corrected chi connectivity index (χ3v) is 4.63. The van der Waals surface area contributed by atoms with Crippen LogP contribution in [0.15, 0.2) is 47.2 Å². The van der Waals surface area contributed by atoms with Crippen LogP contribution in [0.25, 0.3) is 17.0 Å². The number of carbonyl (C=O) groups excluding carboxylic acids is 1. The van der Waals surface area contributed by atoms with E-state index in [0.29, 0.717) is 35.2 Å². The lowest BCUT2D eigenvalue weighted by Crippen LogP contribution is -2.15. The van der Waals surface area contributed by atoms with Crippen LogP contribution >= 0.6 is 0 Å². The summed E-state index contributed by atoms with van der Waals surface area (Å²) in [5.41, 5.74) is 4.49. The van der Waals surface area contributed by atoms with E-state index in [2.05, 4.69) is 25.8 Å². The Morgan fingerprint density at radius 3 is 2.83 bits per heavy atom. The van der Waals surface area contributed by atoms with Gasteiger partial charge in [-0.25, -0.2) is 4.98 Å². The third-order valence-electron chi connectivity index (χ3n) is 4.63. The highest BCUT2D eigenvalue weighted by atomic mass is 16.5. The van der Waals surface area contributed by atoms with Crippen LogP contribution in [0, 0.1) is 6.92 Å². The Kier molecular flexibility index (Phi) is 4.99. The lowest BCUT2D eigenvalue weighted by molar-refractivity contribution is 0.102. The fraction of sp³-hybridized carbons (Fsp3) is 0.238. The zero-order valence-corrected chi connectivity index (χ0v) is 16.6. The Bertz CT molecular complexity index is 1180. The highest BCUT2D eigenvalue weighted by molar-refractivity contribution is 6.04. The minimum atomic E-state index is -0.242. The van der Waals surface area contributed by atoms with E-state index in [-0.39, 0.29) is 5.91 Å². The van der Waals surface area contributed by atoms with Gasteiger partial charge in [-0.15, -0.1) is 0 Å². The molecule has 0 fully saturated rings. The Balaban J connectivity index is 1.63. The number of aromatic nitrogens is 4. The van der Waals surface area contributed by atoms with Crippen molar-refractivity contribution < 1.29 is 9.32 Å². The molecule has 0 aliphatic carbocycles. The van der Waals surface area contributed by atoms with Crippen LogP contribution in [0.3, 0.4) is 0 Å². The molecule has 0 saturated carbocycles. The molecule has 2 N–H and O–H groups in total. The van der Waals surface area contributed by atoms with E-state index in [0.717, 1.165) is 23.4 Å². The monoisotopic (exact) mass is 390 g/mol. The van der Waals surface area contributed by atoms with E-state index in [4.69, 9.17) is 4.52 Å². The minimum Gasteiger partial charge on any atom is -0.384 e. The second kappa shape index (κ2) is 7.75. The van der Waals surface area contributed by atoms with Gasteiger partial charge in [-0.3, -0.25) is 9.20 Å². The molecule has 8 heteroatoms. The first kappa shape index (κ1) is 18.7. The van der Waals surface area contributed by atoms with E-state index in [9.17, 15) is 4.79 Å². The normalized spacial score (nSPS) is 11.0. The van der Waals surface area contributed by atoms with E-state index in [1.165, 1.54) is 0 Å². The molecule has 3 aromatic heterocycles. The first-order chi connectivity index (χ1) is 14.1. The summed E-state index contributed by atoms with van der Waals surface area (Å²) in [6.45, 7) is 6.71. The summed E-state index contributed by atoms with van der Waals surface area (Å²) >= 11 is 0. The number of nitrogens with one attached hydrogen (secondary N) is 2. The second-order valence-corrected chi connectivity index (χ2v) is 6.67. The van der Waals surface area contributed by atoms with E-state index in [1.54, 1.807) is 10.6 Å². The highest BCUT2D eigenvalue weighted by Crippen LogP contribution is 2.24. The molecule has 4 rings (SSSR count). The molecule has 1 aromatic carbocycles. The van der Waals surface area contributed by atoms with Crippen LogP contribution < -0.4 is 10.6 Å². The molecular formula is C21H22N6O2. The number of imidazole rings is 1. The quantitative estimate of drug-likeness (QED) is 0.518. The molecule has 0 atom stereocenters. The number of rotatable bonds is 6. The number of amides is 1. The van der Waals surface area contributed by atoms with Gasteiger partial charge in [0.2, 0.25) is 11.7 Å². The molecule has 1 amide bonds. The predicted octanol–water partition coefficient (Wildman–Crippen LogP) is 3.94. The van der Waals surface area contributed by atoms with Crippen molar-refractivity contribution >= 4 is 22.9 Å². The zero-order chi connectivity index (χ0) is 20.4. The molecule has 0 saturated heterocycles. The van der Waals surface area contributed by atoms with Gasteiger partial charge in [0, 0.05) is 30.4 Å². The summed E-state index contributed by atoms with van der Waals surface area (Å²) in [5, 5.41) is 10.2. The van der Waals surface area contributed by atoms with E-state index >= 15 is 0 Å². The van der Waals surface area contributed by atoms with Gasteiger partial charge < -0.3 is 15.2 Å². The maximum atomic E-state index is 13.0. The van der Waals surface area contributed by atoms with Gasteiger partial charge in [0.15, 0.2) is 0 Å². The van der Waals surface area contributed by atoms with Gasteiger partial charge in [0.1, 0.15) is 11.3 Å². The average molecular weight is 390 g/mol. The van der Waals surface area contributed by atoms with Crippen molar-refractivity contribution in [2.45, 2.75) is 27.2 Å². The fourth-order valence-corrected chi connectivity index (χ4v) is 3.06. The van der Waals surface area contributed by atoms with Crippen LogP contribution in [0.2, 0.25) is 0 Å². The standard InChI is InChI=1S/C21H22N6O2/c1-4-19-25-20(26-29-19)14-7-6-13(3)16(10-14)24-21(28)17-11-23-18-9-8-15(22-5-2)12-27(17)18/h6-12,22H,4-5H2,1-3H3,(H,24,28). The van der Waals surface area contributed by atoms with E-state index in [1.807, 2.05) is 57.3 Å². The first-order valence-electron chi connectivity index (χ1n) is 9.55. The number of nitrogens with zero attached hydrogens (tertiary/aromatic N) is 4. The number of aryl methyl sites for hydroxylation is 2. The maximum absolute atomic E-state index is 13.0. The molecule has 0 spiro atoms. The van der Waals surface area contributed by atoms with Gasteiger partial charge in [-0.2, -0.15) is 4.98 Å². The Hall–Kier alpha value is -3.68. The summed E-state index contributed by atoms with van der Waals surface area (Å²) in [6, 6.07) is 9.50. The number of carbonyl (C=O) groups is 1. The van der Waals surface area contributed by atoms with Gasteiger partial charge in [-0.05, 0) is 37.6 Å². The summed E-state index contributed by atoms with van der Waals surface area (Å²) in [7, 11) is 0. The smallest absolute Gasteiger partial charge is 0.274 e. The lowest BCUT2D eigenvalue weighted by atomic mass is 10.1. The molecule has 8 nitrogen and oxygen atoms in total. The van der Waals surface area contributed by atoms with Crippen molar-refractivity contribution in [2.75, 3.05) is 17.2 Å². The molecule has 0 bridgehead atoms. The molecule has 0 unspecified atom stereocenters. The molecule has 0 aliphatic rings. The van der Waals surface area contributed by atoms with Crippen LogP contribution in [0.4, 0.5) is 11.4 Å². The number of benzene rings is 1. The molecule has 0 radical (unpaired) electrons. The number of anilines is 2. The lowest BCUT2D eigenvalue weighted by Gasteiger charge is -2.10. The van der Waals surface area contributed by atoms with Gasteiger partial charge >= 0.3 is 0 Å². The van der Waals surface area contributed by atoms with E-state index < -0.39 is 0 Å². The van der Waals surface area contributed by atoms with Gasteiger partial charge in [0.05, 0.1) is 11.9 Å². The van der Waals surface area contributed by atoms with Crippen LogP contribution in [-0.2, 0) is 6.42 Å². The Morgan fingerprint density at radius 1 is 1.21 bits per heavy atom. The molecular weight excluding hydrogens is 368 g/mol. The second-order valence-electron chi connectivity index (χ2n) is 6.67. The number of hydrogen-bond acceptors (Lipinski definition) is 6. The number of pyridine rings is 1. The highest BCUT2D eigenvalue weighted by Gasteiger charge is 2.15. The predicted molar refractivity (Wildman–Crippen MR) is 111 cm³/mol. The summed E-state index contributed by atoms with van der Waals surface area (Å²) in [4.78, 5) is 21.6. The van der Waals surface area contributed by atoms with Crippen molar-refractivity contribution in [3.8, 4) is 11.4 Å². The van der Waals surface area contributed by atoms with Crippen LogP contribution in [0.1, 0.15) is 35.8 Å². The minimum absolute atomic E-state index is 0.242. The summed E-state index contributed by atoms with van der Waals surface area (Å²) in [6.07, 6.45) is 4.12. The Morgan fingerprint density at radius 2 is 2.07 bits per heavy atom. The molecule has 29 heavy (non-hydrogen) atoms.